The quantitative estimate of drug-likeness (QED) is 0.729. The van der Waals surface area contributed by atoms with Gasteiger partial charge in [0, 0.05) is 29.6 Å². The van der Waals surface area contributed by atoms with Crippen LogP contribution in [0.15, 0.2) is 53.2 Å². The Morgan fingerprint density at radius 3 is 2.76 bits per heavy atom. The molecule has 1 N–H and O–H groups in total. The largest absolute Gasteiger partial charge is 0.348 e. The molecule has 0 spiro atoms. The number of halogens is 1. The van der Waals surface area contributed by atoms with Crippen LogP contribution in [0.5, 0.6) is 0 Å². The third-order valence-corrected chi connectivity index (χ3v) is 3.90. The van der Waals surface area contributed by atoms with Gasteiger partial charge in [-0.2, -0.15) is 4.98 Å². The van der Waals surface area contributed by atoms with Crippen molar-refractivity contribution in [2.45, 2.75) is 25.8 Å². The van der Waals surface area contributed by atoms with E-state index < -0.39 is 0 Å². The molecular weight excluding hydrogens is 340 g/mol. The second-order valence-electron chi connectivity index (χ2n) is 5.56. The van der Waals surface area contributed by atoms with Gasteiger partial charge in [0.1, 0.15) is 0 Å². The van der Waals surface area contributed by atoms with Crippen LogP contribution in [-0.4, -0.2) is 21.0 Å². The van der Waals surface area contributed by atoms with E-state index in [9.17, 15) is 4.79 Å². The van der Waals surface area contributed by atoms with Crippen LogP contribution in [0.4, 0.5) is 0 Å². The van der Waals surface area contributed by atoms with Crippen LogP contribution in [-0.2, 0) is 11.2 Å². The van der Waals surface area contributed by atoms with Crippen LogP contribution < -0.4 is 5.32 Å². The molecule has 25 heavy (non-hydrogen) atoms. The molecule has 6 nitrogen and oxygen atoms in total. The number of carbonyl (C=O) groups excluding carboxylic acids is 1. The molecule has 0 aliphatic heterocycles. The third kappa shape index (κ3) is 4.64. The van der Waals surface area contributed by atoms with E-state index in [1.807, 2.05) is 37.3 Å². The average molecular weight is 357 g/mol. The number of rotatable bonds is 6. The van der Waals surface area contributed by atoms with E-state index >= 15 is 0 Å². The predicted molar refractivity (Wildman–Crippen MR) is 93.9 cm³/mol. The lowest BCUT2D eigenvalue weighted by molar-refractivity contribution is -0.121. The van der Waals surface area contributed by atoms with Crippen molar-refractivity contribution < 1.29 is 9.32 Å². The third-order valence-electron chi connectivity index (χ3n) is 3.65. The summed E-state index contributed by atoms with van der Waals surface area (Å²) in [7, 11) is 0. The Balaban J connectivity index is 1.53. The first-order chi connectivity index (χ1) is 12.1. The molecule has 128 valence electrons. The minimum atomic E-state index is -0.152. The number of hydrogen-bond donors (Lipinski definition) is 1. The molecule has 0 aliphatic carbocycles. The number of aryl methyl sites for hydroxylation is 1. The summed E-state index contributed by atoms with van der Waals surface area (Å²) in [6.45, 7) is 1.89. The van der Waals surface area contributed by atoms with Crippen molar-refractivity contribution in [2.75, 3.05) is 0 Å². The molecule has 1 unspecified atom stereocenters. The highest BCUT2D eigenvalue weighted by Crippen LogP contribution is 2.19. The van der Waals surface area contributed by atoms with E-state index in [0.717, 1.165) is 11.3 Å². The molecule has 2 heterocycles. The number of aromatic nitrogens is 3. The number of nitrogens with zero attached hydrogens (tertiary/aromatic N) is 3. The summed E-state index contributed by atoms with van der Waals surface area (Å²) in [5.41, 5.74) is 1.63. The van der Waals surface area contributed by atoms with Crippen molar-refractivity contribution in [3.63, 3.8) is 0 Å². The number of carbonyl (C=O) groups is 1. The molecule has 3 rings (SSSR count). The van der Waals surface area contributed by atoms with Gasteiger partial charge in [0.05, 0.1) is 11.7 Å². The summed E-state index contributed by atoms with van der Waals surface area (Å²) in [5.74, 6) is 0.809. The molecule has 2 aromatic heterocycles. The fourth-order valence-electron chi connectivity index (χ4n) is 2.31. The lowest BCUT2D eigenvalue weighted by Crippen LogP contribution is -2.27. The van der Waals surface area contributed by atoms with Gasteiger partial charge in [0.15, 0.2) is 0 Å². The zero-order valence-electron chi connectivity index (χ0n) is 13.6. The Morgan fingerprint density at radius 2 is 2.04 bits per heavy atom. The summed E-state index contributed by atoms with van der Waals surface area (Å²) < 4.78 is 5.20. The van der Waals surface area contributed by atoms with Crippen LogP contribution >= 0.6 is 11.6 Å². The second-order valence-corrected chi connectivity index (χ2v) is 6.00. The first-order valence-corrected chi connectivity index (χ1v) is 8.28. The van der Waals surface area contributed by atoms with Crippen LogP contribution in [0.3, 0.4) is 0 Å². The number of benzene rings is 1. The smallest absolute Gasteiger partial charge is 0.227 e. The Labute approximate surface area is 150 Å². The van der Waals surface area contributed by atoms with Gasteiger partial charge in [-0.25, -0.2) is 0 Å². The van der Waals surface area contributed by atoms with Crippen molar-refractivity contribution in [1.82, 2.24) is 20.4 Å². The fraction of sp³-hybridized carbons (Fsp3) is 0.222. The highest BCUT2D eigenvalue weighted by molar-refractivity contribution is 6.30. The van der Waals surface area contributed by atoms with Crippen molar-refractivity contribution in [3.8, 4) is 11.4 Å². The van der Waals surface area contributed by atoms with Gasteiger partial charge in [0.25, 0.3) is 0 Å². The molecule has 0 saturated carbocycles. The van der Waals surface area contributed by atoms with E-state index in [1.165, 1.54) is 0 Å². The summed E-state index contributed by atoms with van der Waals surface area (Å²) in [6, 6.07) is 12.6. The molecule has 0 aliphatic rings. The lowest BCUT2D eigenvalue weighted by atomic mass is 10.2. The van der Waals surface area contributed by atoms with E-state index in [-0.39, 0.29) is 18.4 Å². The first-order valence-electron chi connectivity index (χ1n) is 7.90. The van der Waals surface area contributed by atoms with Gasteiger partial charge < -0.3 is 9.84 Å². The molecule has 3 aromatic rings. The van der Waals surface area contributed by atoms with E-state index in [0.29, 0.717) is 23.2 Å². The minimum Gasteiger partial charge on any atom is -0.348 e. The second kappa shape index (κ2) is 7.90. The van der Waals surface area contributed by atoms with E-state index in [4.69, 9.17) is 16.1 Å². The molecule has 1 aromatic carbocycles. The molecule has 1 amide bonds. The molecule has 7 heteroatoms. The van der Waals surface area contributed by atoms with Crippen molar-refractivity contribution in [3.05, 3.63) is 65.3 Å². The number of amides is 1. The average Bonchev–Trinajstić information content (AvgIpc) is 3.10. The Hall–Kier alpha value is -2.73. The van der Waals surface area contributed by atoms with Gasteiger partial charge in [-0.3, -0.25) is 9.78 Å². The Morgan fingerprint density at radius 1 is 1.24 bits per heavy atom. The number of pyridine rings is 1. The summed E-state index contributed by atoms with van der Waals surface area (Å²) in [4.78, 5) is 20.6. The van der Waals surface area contributed by atoms with Crippen LogP contribution in [0.1, 0.15) is 31.0 Å². The molecule has 0 bridgehead atoms. The maximum atomic E-state index is 12.1. The summed E-state index contributed by atoms with van der Waals surface area (Å²) >= 11 is 5.86. The number of nitrogens with one attached hydrogen (secondary N) is 1. The Kier molecular flexibility index (Phi) is 5.40. The summed E-state index contributed by atoms with van der Waals surface area (Å²) in [5, 5.41) is 7.48. The van der Waals surface area contributed by atoms with Gasteiger partial charge in [-0.15, -0.1) is 0 Å². The SMILES string of the molecule is CC(NC(=O)CCc1nc(-c2ccc(Cl)cc2)no1)c1ccccn1. The van der Waals surface area contributed by atoms with E-state index in [1.54, 1.807) is 18.3 Å². The fourth-order valence-corrected chi connectivity index (χ4v) is 2.44. The van der Waals surface area contributed by atoms with E-state index in [2.05, 4.69) is 20.4 Å². The highest BCUT2D eigenvalue weighted by Gasteiger charge is 2.13. The zero-order valence-corrected chi connectivity index (χ0v) is 14.4. The van der Waals surface area contributed by atoms with Gasteiger partial charge in [-0.1, -0.05) is 22.8 Å². The standard InChI is InChI=1S/C18H17ClN4O2/c1-12(15-4-2-3-11-20-15)21-16(24)9-10-17-22-18(23-25-17)13-5-7-14(19)8-6-13/h2-8,11-12H,9-10H2,1H3,(H,21,24). The van der Waals surface area contributed by atoms with Crippen molar-refractivity contribution in [1.29, 1.82) is 0 Å². The van der Waals surface area contributed by atoms with Crippen LogP contribution in [0.25, 0.3) is 11.4 Å². The maximum Gasteiger partial charge on any atom is 0.227 e. The highest BCUT2D eigenvalue weighted by atomic mass is 35.5. The predicted octanol–water partition coefficient (Wildman–Crippen LogP) is 3.60. The molecular formula is C18H17ClN4O2. The topological polar surface area (TPSA) is 80.9 Å². The normalized spacial score (nSPS) is 11.9. The maximum absolute atomic E-state index is 12.1. The number of hydrogen-bond acceptors (Lipinski definition) is 5. The molecule has 0 radical (unpaired) electrons. The zero-order chi connectivity index (χ0) is 17.6. The lowest BCUT2D eigenvalue weighted by Gasteiger charge is -2.12. The van der Waals surface area contributed by atoms with Gasteiger partial charge in [-0.05, 0) is 43.3 Å². The first kappa shape index (κ1) is 17.1. The van der Waals surface area contributed by atoms with Gasteiger partial charge >= 0.3 is 0 Å². The minimum absolute atomic E-state index is 0.0932. The van der Waals surface area contributed by atoms with Gasteiger partial charge in [0.2, 0.25) is 17.6 Å². The molecule has 0 saturated heterocycles. The van der Waals surface area contributed by atoms with Crippen molar-refractivity contribution >= 4 is 17.5 Å². The van der Waals surface area contributed by atoms with Crippen LogP contribution in [0, 0.1) is 0 Å². The van der Waals surface area contributed by atoms with Crippen LogP contribution in [0.2, 0.25) is 5.02 Å². The monoisotopic (exact) mass is 356 g/mol. The molecule has 0 fully saturated rings. The van der Waals surface area contributed by atoms with Crippen molar-refractivity contribution in [2.24, 2.45) is 0 Å². The summed E-state index contributed by atoms with van der Waals surface area (Å²) in [6.07, 6.45) is 2.34. The molecule has 1 atom stereocenters. The Bertz CT molecular complexity index is 834.